The van der Waals surface area contributed by atoms with Gasteiger partial charge in [-0.3, -0.25) is 4.98 Å². The van der Waals surface area contributed by atoms with Crippen LogP contribution in [0.2, 0.25) is 5.02 Å². The molecule has 1 nitrogen and oxygen atoms in total. The first-order valence-electron chi connectivity index (χ1n) is 3.70. The first-order valence-corrected chi connectivity index (χ1v) is 4.08. The van der Waals surface area contributed by atoms with E-state index in [1.165, 1.54) is 0 Å². The van der Waals surface area contributed by atoms with Crippen LogP contribution < -0.4 is 0 Å². The lowest BCUT2D eigenvalue weighted by Gasteiger charge is -1.97. The quantitative estimate of drug-likeness (QED) is 0.602. The van der Waals surface area contributed by atoms with E-state index in [1.54, 1.807) is 0 Å². The van der Waals surface area contributed by atoms with Crippen molar-refractivity contribution < 1.29 is 0 Å². The van der Waals surface area contributed by atoms with Crippen molar-refractivity contribution in [1.29, 1.82) is 0 Å². The van der Waals surface area contributed by atoms with Gasteiger partial charge in [0.05, 0.1) is 6.20 Å². The predicted octanol–water partition coefficient (Wildman–Crippen LogP) is 3.00. The summed E-state index contributed by atoms with van der Waals surface area (Å²) in [5.74, 6) is 0. The second-order valence-corrected chi connectivity index (χ2v) is 3.18. The summed E-state index contributed by atoms with van der Waals surface area (Å²) < 4.78 is 0. The lowest BCUT2D eigenvalue weighted by molar-refractivity contribution is 1.21. The Hall–Kier alpha value is -1.08. The van der Waals surface area contributed by atoms with E-state index in [-0.39, 0.29) is 0 Å². The van der Waals surface area contributed by atoms with Crippen molar-refractivity contribution in [3.63, 3.8) is 0 Å². The fourth-order valence-corrected chi connectivity index (χ4v) is 1.33. The Morgan fingerprint density at radius 2 is 2.17 bits per heavy atom. The molecule has 0 atom stereocenters. The highest BCUT2D eigenvalue weighted by Crippen LogP contribution is 2.18. The monoisotopic (exact) mass is 176 g/mol. The van der Waals surface area contributed by atoms with Gasteiger partial charge in [-0.2, -0.15) is 0 Å². The Bertz CT molecular complexity index is 382. The van der Waals surface area contributed by atoms with Gasteiger partial charge in [-0.05, 0) is 30.5 Å². The molecule has 1 radical (unpaired) electrons. The number of fused-ring (bicyclic) bond motifs is 1. The van der Waals surface area contributed by atoms with Crippen LogP contribution in [0.3, 0.4) is 0 Å². The zero-order valence-electron chi connectivity index (χ0n) is 6.63. The molecule has 0 fully saturated rings. The van der Waals surface area contributed by atoms with E-state index in [1.807, 2.05) is 31.2 Å². The van der Waals surface area contributed by atoms with Crippen molar-refractivity contribution >= 4 is 22.4 Å². The van der Waals surface area contributed by atoms with Crippen LogP contribution in [0.1, 0.15) is 5.69 Å². The second kappa shape index (κ2) is 2.76. The summed E-state index contributed by atoms with van der Waals surface area (Å²) in [6.45, 7) is 1.95. The molecule has 59 valence electrons. The van der Waals surface area contributed by atoms with Crippen LogP contribution in [0.25, 0.3) is 10.8 Å². The zero-order chi connectivity index (χ0) is 8.55. The van der Waals surface area contributed by atoms with Gasteiger partial charge in [-0.1, -0.05) is 17.7 Å². The van der Waals surface area contributed by atoms with Crippen LogP contribution in [0, 0.1) is 13.1 Å². The zero-order valence-corrected chi connectivity index (χ0v) is 7.39. The van der Waals surface area contributed by atoms with E-state index in [9.17, 15) is 0 Å². The minimum absolute atomic E-state index is 0.726. The van der Waals surface area contributed by atoms with Crippen LogP contribution >= 0.6 is 11.6 Å². The van der Waals surface area contributed by atoms with Gasteiger partial charge >= 0.3 is 0 Å². The van der Waals surface area contributed by atoms with Gasteiger partial charge in [-0.15, -0.1) is 0 Å². The lowest BCUT2D eigenvalue weighted by atomic mass is 10.1. The first kappa shape index (κ1) is 7.56. The molecule has 0 saturated carbocycles. The second-order valence-electron chi connectivity index (χ2n) is 2.74. The van der Waals surface area contributed by atoms with Gasteiger partial charge in [0.25, 0.3) is 0 Å². The summed E-state index contributed by atoms with van der Waals surface area (Å²) in [6, 6.07) is 7.73. The van der Waals surface area contributed by atoms with Crippen LogP contribution in [-0.2, 0) is 0 Å². The van der Waals surface area contributed by atoms with Crippen molar-refractivity contribution in [2.24, 2.45) is 0 Å². The molecule has 0 N–H and O–H groups in total. The molecule has 0 aliphatic heterocycles. The Kier molecular flexibility index (Phi) is 1.74. The highest BCUT2D eigenvalue weighted by atomic mass is 35.5. The predicted molar refractivity (Wildman–Crippen MR) is 50.3 cm³/mol. The number of aryl methyl sites for hydroxylation is 1. The first-order chi connectivity index (χ1) is 5.75. The van der Waals surface area contributed by atoms with E-state index in [0.717, 1.165) is 21.5 Å². The third-order valence-corrected chi connectivity index (χ3v) is 1.97. The number of nitrogens with zero attached hydrogens (tertiary/aromatic N) is 1. The summed E-state index contributed by atoms with van der Waals surface area (Å²) in [5.41, 5.74) is 0.977. The average Bonchev–Trinajstić information content (AvgIpc) is 2.05. The molecule has 1 aromatic carbocycles. The van der Waals surface area contributed by atoms with Gasteiger partial charge in [0.15, 0.2) is 0 Å². The Labute approximate surface area is 76.0 Å². The minimum atomic E-state index is 0.726. The maximum absolute atomic E-state index is 5.81. The molecule has 12 heavy (non-hydrogen) atoms. The Morgan fingerprint density at radius 1 is 1.33 bits per heavy atom. The number of aromatic nitrogens is 1. The van der Waals surface area contributed by atoms with Crippen molar-refractivity contribution in [2.75, 3.05) is 0 Å². The number of hydrogen-bond acceptors (Lipinski definition) is 1. The molecule has 2 heteroatoms. The summed E-state index contributed by atoms with van der Waals surface area (Å²) in [7, 11) is 0. The highest BCUT2D eigenvalue weighted by molar-refractivity contribution is 6.31. The fraction of sp³-hybridized carbons (Fsp3) is 0.100. The van der Waals surface area contributed by atoms with Crippen LogP contribution in [0.15, 0.2) is 24.3 Å². The van der Waals surface area contributed by atoms with E-state index >= 15 is 0 Å². The number of rotatable bonds is 0. The molecule has 0 aliphatic rings. The van der Waals surface area contributed by atoms with Crippen LogP contribution in [-0.4, -0.2) is 4.98 Å². The molecule has 1 aromatic heterocycles. The summed E-state index contributed by atoms with van der Waals surface area (Å²) >= 11 is 5.81. The van der Waals surface area contributed by atoms with Gasteiger partial charge < -0.3 is 0 Å². The number of halogens is 1. The van der Waals surface area contributed by atoms with Crippen molar-refractivity contribution in [3.05, 3.63) is 41.2 Å². The van der Waals surface area contributed by atoms with Crippen LogP contribution in [0.4, 0.5) is 0 Å². The maximum Gasteiger partial charge on any atom is 0.0974 e. The normalized spacial score (nSPS) is 10.5. The fourth-order valence-electron chi connectivity index (χ4n) is 1.16. The van der Waals surface area contributed by atoms with Gasteiger partial charge in [0.1, 0.15) is 0 Å². The van der Waals surface area contributed by atoms with E-state index in [2.05, 4.69) is 11.2 Å². The van der Waals surface area contributed by atoms with Gasteiger partial charge in [0, 0.05) is 16.1 Å². The molecular formula is C10H7ClN. The average molecular weight is 177 g/mol. The summed E-state index contributed by atoms with van der Waals surface area (Å²) in [4.78, 5) is 4.06. The maximum atomic E-state index is 5.81. The molecule has 1 heterocycles. The molecule has 0 amide bonds. The SMILES string of the molecule is Cc1cc2ccc(Cl)cc2[c]n1. The van der Waals surface area contributed by atoms with Gasteiger partial charge in [-0.25, -0.2) is 0 Å². The largest absolute Gasteiger partial charge is 0.251 e. The molecular weight excluding hydrogens is 170 g/mol. The van der Waals surface area contributed by atoms with E-state index in [4.69, 9.17) is 11.6 Å². The van der Waals surface area contributed by atoms with Crippen LogP contribution in [0.5, 0.6) is 0 Å². The number of hydrogen-bond donors (Lipinski definition) is 0. The third kappa shape index (κ3) is 1.28. The number of benzene rings is 1. The molecule has 0 saturated heterocycles. The molecule has 2 aromatic rings. The molecule has 2 rings (SSSR count). The smallest absolute Gasteiger partial charge is 0.0974 e. The summed E-state index contributed by atoms with van der Waals surface area (Å²) in [5, 5.41) is 2.82. The Balaban J connectivity index is 2.79. The van der Waals surface area contributed by atoms with Crippen molar-refractivity contribution in [2.45, 2.75) is 6.92 Å². The van der Waals surface area contributed by atoms with E-state index < -0.39 is 0 Å². The minimum Gasteiger partial charge on any atom is -0.251 e. The molecule has 0 unspecified atom stereocenters. The third-order valence-electron chi connectivity index (χ3n) is 1.73. The number of pyridine rings is 1. The van der Waals surface area contributed by atoms with Crippen molar-refractivity contribution in [1.82, 2.24) is 4.98 Å². The van der Waals surface area contributed by atoms with Gasteiger partial charge in [0.2, 0.25) is 0 Å². The molecule has 0 aliphatic carbocycles. The van der Waals surface area contributed by atoms with Crippen molar-refractivity contribution in [3.8, 4) is 0 Å². The van der Waals surface area contributed by atoms with E-state index in [0.29, 0.717) is 0 Å². The lowest BCUT2D eigenvalue weighted by Crippen LogP contribution is -1.81. The molecule has 0 spiro atoms. The Morgan fingerprint density at radius 3 is 3.00 bits per heavy atom. The topological polar surface area (TPSA) is 12.9 Å². The molecule has 0 bridgehead atoms. The summed E-state index contributed by atoms with van der Waals surface area (Å²) in [6.07, 6.45) is 2.93. The standard InChI is InChI=1S/C10H7ClN/c1-7-4-8-2-3-10(11)5-9(8)6-12-7/h2-5H,1H3. The highest BCUT2D eigenvalue weighted by Gasteiger charge is 1.95.